The van der Waals surface area contributed by atoms with Crippen molar-refractivity contribution >= 4 is 34.1 Å². The zero-order valence-electron chi connectivity index (χ0n) is 34.3. The molecule has 0 fully saturated rings. The lowest BCUT2D eigenvalue weighted by Crippen LogP contribution is -2.10. The van der Waals surface area contributed by atoms with E-state index < -0.39 is 0 Å². The van der Waals surface area contributed by atoms with Crippen LogP contribution in [0.3, 0.4) is 0 Å². The van der Waals surface area contributed by atoms with Gasteiger partial charge in [-0.25, -0.2) is 0 Å². The third-order valence-corrected chi connectivity index (χ3v) is 11.5. The molecule has 0 spiro atoms. The molecular weight excluding hydrogens is 749 g/mol. The van der Waals surface area contributed by atoms with E-state index in [0.717, 1.165) is 45.3 Å². The van der Waals surface area contributed by atoms with Crippen molar-refractivity contribution in [1.82, 2.24) is 0 Å². The first-order chi connectivity index (χ1) is 30.7. The standard InChI is InChI=1S/C60H44N2/c1-5-14-45(15-6-1)49-24-34-55(35-25-49)61(56-36-26-50(27-37-56)46-16-7-2-8-17-46)57-42-32-53(33-43-57)54-22-13-23-60(44-54)62(58-38-28-51(29-39-58)47-18-9-3-10-19-47)59-40-30-52(31-41-59)48-20-11-4-12-21-48/h1-44H. The largest absolute Gasteiger partial charge is 0.311 e. The minimum atomic E-state index is 1.09. The van der Waals surface area contributed by atoms with E-state index >= 15 is 0 Å². The summed E-state index contributed by atoms with van der Waals surface area (Å²) in [6, 6.07) is 95.6. The van der Waals surface area contributed by atoms with E-state index in [2.05, 4.69) is 277 Å². The number of nitrogens with zero attached hydrogens (tertiary/aromatic N) is 2. The molecule has 10 rings (SSSR count). The molecule has 0 aliphatic carbocycles. The molecule has 62 heavy (non-hydrogen) atoms. The van der Waals surface area contributed by atoms with Crippen molar-refractivity contribution in [3.8, 4) is 55.6 Å². The van der Waals surface area contributed by atoms with Crippen molar-refractivity contribution in [2.75, 3.05) is 9.80 Å². The molecule has 0 heterocycles. The van der Waals surface area contributed by atoms with E-state index in [1.54, 1.807) is 0 Å². The highest BCUT2D eigenvalue weighted by atomic mass is 15.1. The van der Waals surface area contributed by atoms with Crippen molar-refractivity contribution in [3.05, 3.63) is 267 Å². The van der Waals surface area contributed by atoms with Crippen molar-refractivity contribution in [2.24, 2.45) is 0 Å². The lowest BCUT2D eigenvalue weighted by Gasteiger charge is -2.27. The molecule has 0 aliphatic rings. The van der Waals surface area contributed by atoms with Gasteiger partial charge < -0.3 is 9.80 Å². The van der Waals surface area contributed by atoms with Crippen LogP contribution in [0.1, 0.15) is 0 Å². The average molecular weight is 793 g/mol. The van der Waals surface area contributed by atoms with Crippen LogP contribution in [-0.2, 0) is 0 Å². The molecule has 10 aromatic rings. The van der Waals surface area contributed by atoms with Gasteiger partial charge in [-0.3, -0.25) is 0 Å². The number of benzene rings is 10. The van der Waals surface area contributed by atoms with Gasteiger partial charge in [0.1, 0.15) is 0 Å². The Kier molecular flexibility index (Phi) is 10.8. The Morgan fingerprint density at radius 2 is 0.355 bits per heavy atom. The van der Waals surface area contributed by atoms with Gasteiger partial charge in [0.25, 0.3) is 0 Å². The van der Waals surface area contributed by atoms with E-state index in [1.807, 2.05) is 0 Å². The predicted molar refractivity (Wildman–Crippen MR) is 263 cm³/mol. The SMILES string of the molecule is c1ccc(-c2ccc(N(c3ccc(-c4ccccc4)cc3)c3ccc(-c4cccc(N(c5ccc(-c6ccccc6)cc5)c5ccc(-c6ccccc6)cc5)c4)cc3)cc2)cc1. The Bertz CT molecular complexity index is 2820. The van der Waals surface area contributed by atoms with Gasteiger partial charge in [0, 0.05) is 34.1 Å². The van der Waals surface area contributed by atoms with E-state index in [1.165, 1.54) is 44.5 Å². The maximum absolute atomic E-state index is 2.35. The Balaban J connectivity index is 0.994. The maximum Gasteiger partial charge on any atom is 0.0467 e. The van der Waals surface area contributed by atoms with Crippen LogP contribution in [0.4, 0.5) is 34.1 Å². The molecule has 0 saturated heterocycles. The van der Waals surface area contributed by atoms with Gasteiger partial charge in [-0.05, 0) is 128 Å². The minimum Gasteiger partial charge on any atom is -0.311 e. The van der Waals surface area contributed by atoms with Crippen molar-refractivity contribution in [3.63, 3.8) is 0 Å². The number of rotatable bonds is 11. The molecule has 0 radical (unpaired) electrons. The van der Waals surface area contributed by atoms with Crippen LogP contribution in [-0.4, -0.2) is 0 Å². The summed E-state index contributed by atoms with van der Waals surface area (Å²) in [6.07, 6.45) is 0. The normalized spacial score (nSPS) is 10.9. The van der Waals surface area contributed by atoms with Crippen molar-refractivity contribution < 1.29 is 0 Å². The predicted octanol–water partition coefficient (Wildman–Crippen LogP) is 17.0. The topological polar surface area (TPSA) is 6.48 Å². The summed E-state index contributed by atoms with van der Waals surface area (Å²) in [5, 5.41) is 0. The quantitative estimate of drug-likeness (QED) is 0.129. The molecular formula is C60H44N2. The molecule has 0 atom stereocenters. The molecule has 2 nitrogen and oxygen atoms in total. The van der Waals surface area contributed by atoms with E-state index in [0.29, 0.717) is 0 Å². The highest BCUT2D eigenvalue weighted by Crippen LogP contribution is 2.41. The Labute approximate surface area is 364 Å². The van der Waals surface area contributed by atoms with E-state index in [4.69, 9.17) is 0 Å². The first-order valence-corrected chi connectivity index (χ1v) is 21.2. The minimum absolute atomic E-state index is 1.09. The van der Waals surface area contributed by atoms with Crippen LogP contribution in [0.5, 0.6) is 0 Å². The number of hydrogen-bond donors (Lipinski definition) is 0. The first kappa shape index (κ1) is 38.0. The second kappa shape index (κ2) is 17.6. The maximum atomic E-state index is 2.35. The summed E-state index contributed by atoms with van der Waals surface area (Å²) in [4.78, 5) is 4.69. The average Bonchev–Trinajstić information content (AvgIpc) is 3.36. The smallest absolute Gasteiger partial charge is 0.0467 e. The van der Waals surface area contributed by atoms with Gasteiger partial charge in [0.05, 0.1) is 0 Å². The van der Waals surface area contributed by atoms with Crippen molar-refractivity contribution in [1.29, 1.82) is 0 Å². The van der Waals surface area contributed by atoms with E-state index in [-0.39, 0.29) is 0 Å². The zero-order chi connectivity index (χ0) is 41.5. The van der Waals surface area contributed by atoms with Gasteiger partial charge in [0.15, 0.2) is 0 Å². The second-order valence-electron chi connectivity index (χ2n) is 15.4. The highest BCUT2D eigenvalue weighted by molar-refractivity contribution is 5.84. The molecule has 0 bridgehead atoms. The molecule has 0 unspecified atom stereocenters. The molecule has 0 amide bonds. The van der Waals surface area contributed by atoms with Crippen LogP contribution in [0.15, 0.2) is 267 Å². The summed E-state index contributed by atoms with van der Waals surface area (Å²) in [5.74, 6) is 0. The van der Waals surface area contributed by atoms with Crippen LogP contribution in [0, 0.1) is 0 Å². The van der Waals surface area contributed by atoms with Crippen LogP contribution in [0.2, 0.25) is 0 Å². The third-order valence-electron chi connectivity index (χ3n) is 11.5. The Morgan fingerprint density at radius 1 is 0.145 bits per heavy atom. The molecule has 2 heteroatoms. The number of hydrogen-bond acceptors (Lipinski definition) is 2. The van der Waals surface area contributed by atoms with E-state index in [9.17, 15) is 0 Å². The molecule has 0 aromatic heterocycles. The van der Waals surface area contributed by atoms with Gasteiger partial charge >= 0.3 is 0 Å². The fraction of sp³-hybridized carbons (Fsp3) is 0. The van der Waals surface area contributed by atoms with Crippen LogP contribution < -0.4 is 9.80 Å². The summed E-state index contributed by atoms with van der Waals surface area (Å²) in [6.45, 7) is 0. The Hall–Kier alpha value is -8.20. The van der Waals surface area contributed by atoms with Gasteiger partial charge in [0.2, 0.25) is 0 Å². The monoisotopic (exact) mass is 792 g/mol. The highest BCUT2D eigenvalue weighted by Gasteiger charge is 2.17. The zero-order valence-corrected chi connectivity index (χ0v) is 34.3. The van der Waals surface area contributed by atoms with Crippen LogP contribution in [0.25, 0.3) is 55.6 Å². The third kappa shape index (κ3) is 8.18. The summed E-state index contributed by atoms with van der Waals surface area (Å²) >= 11 is 0. The summed E-state index contributed by atoms with van der Waals surface area (Å²) in [7, 11) is 0. The van der Waals surface area contributed by atoms with Gasteiger partial charge in [-0.15, -0.1) is 0 Å². The van der Waals surface area contributed by atoms with Gasteiger partial charge in [-0.1, -0.05) is 194 Å². The molecule has 10 aromatic carbocycles. The molecule has 294 valence electrons. The fourth-order valence-corrected chi connectivity index (χ4v) is 8.26. The molecule has 0 N–H and O–H groups in total. The molecule has 0 saturated carbocycles. The summed E-state index contributed by atoms with van der Waals surface area (Å²) < 4.78 is 0. The lowest BCUT2D eigenvalue weighted by molar-refractivity contribution is 1.28. The summed E-state index contributed by atoms with van der Waals surface area (Å²) in [5.41, 5.74) is 18.4. The van der Waals surface area contributed by atoms with Crippen molar-refractivity contribution in [2.45, 2.75) is 0 Å². The lowest BCUT2D eigenvalue weighted by atomic mass is 10.0. The number of anilines is 6. The van der Waals surface area contributed by atoms with Crippen LogP contribution >= 0.6 is 0 Å². The first-order valence-electron chi connectivity index (χ1n) is 21.2. The van der Waals surface area contributed by atoms with Gasteiger partial charge in [-0.2, -0.15) is 0 Å². The Morgan fingerprint density at radius 3 is 0.629 bits per heavy atom. The molecule has 0 aliphatic heterocycles. The fourth-order valence-electron chi connectivity index (χ4n) is 8.26. The second-order valence-corrected chi connectivity index (χ2v) is 15.4.